The molecule has 0 radical (unpaired) electrons. The molecule has 0 atom stereocenters. The highest BCUT2D eigenvalue weighted by atomic mass is 19.1. The van der Waals surface area contributed by atoms with Crippen LogP contribution in [0.25, 0.3) is 5.52 Å². The van der Waals surface area contributed by atoms with Gasteiger partial charge in [-0.05, 0) is 23.8 Å². The standard InChI is InChI=1S/C15H12FN3O/c16-11-6-2-1-5-10(11)9-13-18-14(15(17)20)12-7-3-4-8-19(12)13/h1-8H,9H2,(H2,17,20). The zero-order valence-electron chi connectivity index (χ0n) is 10.6. The Morgan fingerprint density at radius 3 is 2.70 bits per heavy atom. The fourth-order valence-corrected chi connectivity index (χ4v) is 2.22. The molecule has 1 aromatic carbocycles. The van der Waals surface area contributed by atoms with Gasteiger partial charge in [-0.2, -0.15) is 0 Å². The summed E-state index contributed by atoms with van der Waals surface area (Å²) in [5, 5.41) is 0. The van der Waals surface area contributed by atoms with Gasteiger partial charge in [0, 0.05) is 12.6 Å². The molecule has 2 N–H and O–H groups in total. The first-order chi connectivity index (χ1) is 9.66. The zero-order chi connectivity index (χ0) is 14.1. The molecule has 100 valence electrons. The number of primary amides is 1. The molecule has 20 heavy (non-hydrogen) atoms. The monoisotopic (exact) mass is 269 g/mol. The van der Waals surface area contributed by atoms with Crippen LogP contribution >= 0.6 is 0 Å². The Kier molecular flexibility index (Phi) is 2.95. The van der Waals surface area contributed by atoms with E-state index in [0.29, 0.717) is 23.3 Å². The van der Waals surface area contributed by atoms with E-state index in [0.717, 1.165) is 0 Å². The first-order valence-corrected chi connectivity index (χ1v) is 6.16. The number of hydrogen-bond donors (Lipinski definition) is 1. The Bertz CT molecular complexity index is 795. The molecule has 0 saturated heterocycles. The van der Waals surface area contributed by atoms with Crippen LogP contribution in [0.1, 0.15) is 21.9 Å². The van der Waals surface area contributed by atoms with Crippen LogP contribution in [0, 0.1) is 5.82 Å². The van der Waals surface area contributed by atoms with Gasteiger partial charge in [0.2, 0.25) is 0 Å². The van der Waals surface area contributed by atoms with E-state index >= 15 is 0 Å². The van der Waals surface area contributed by atoms with Crippen LogP contribution in [0.2, 0.25) is 0 Å². The lowest BCUT2D eigenvalue weighted by Crippen LogP contribution is -2.11. The van der Waals surface area contributed by atoms with Gasteiger partial charge >= 0.3 is 0 Å². The molecule has 0 aliphatic heterocycles. The van der Waals surface area contributed by atoms with Crippen molar-refractivity contribution in [2.75, 3.05) is 0 Å². The van der Waals surface area contributed by atoms with Crippen LogP contribution in [-0.4, -0.2) is 15.3 Å². The minimum absolute atomic E-state index is 0.205. The molecule has 5 heteroatoms. The molecule has 0 aliphatic rings. The molecule has 0 fully saturated rings. The van der Waals surface area contributed by atoms with Gasteiger partial charge in [0.05, 0.1) is 5.52 Å². The molecule has 4 nitrogen and oxygen atoms in total. The smallest absolute Gasteiger partial charge is 0.269 e. The van der Waals surface area contributed by atoms with Crippen molar-refractivity contribution in [1.29, 1.82) is 0 Å². The van der Waals surface area contributed by atoms with Crippen LogP contribution in [0.15, 0.2) is 48.7 Å². The van der Waals surface area contributed by atoms with Crippen LogP contribution in [0.5, 0.6) is 0 Å². The van der Waals surface area contributed by atoms with Crippen molar-refractivity contribution in [2.24, 2.45) is 5.73 Å². The number of aromatic nitrogens is 2. The van der Waals surface area contributed by atoms with E-state index in [1.54, 1.807) is 40.9 Å². The van der Waals surface area contributed by atoms with Crippen molar-refractivity contribution in [2.45, 2.75) is 6.42 Å². The lowest BCUT2D eigenvalue weighted by atomic mass is 10.1. The molecule has 1 amide bonds. The summed E-state index contributed by atoms with van der Waals surface area (Å²) in [4.78, 5) is 15.7. The highest BCUT2D eigenvalue weighted by Crippen LogP contribution is 2.17. The number of imidazole rings is 1. The van der Waals surface area contributed by atoms with E-state index in [4.69, 9.17) is 5.73 Å². The normalized spacial score (nSPS) is 10.8. The summed E-state index contributed by atoms with van der Waals surface area (Å²) >= 11 is 0. The first kappa shape index (κ1) is 12.3. The minimum atomic E-state index is -0.589. The summed E-state index contributed by atoms with van der Waals surface area (Å²) in [5.41, 5.74) is 6.69. The van der Waals surface area contributed by atoms with Gasteiger partial charge in [-0.1, -0.05) is 24.3 Å². The van der Waals surface area contributed by atoms with Gasteiger partial charge in [-0.3, -0.25) is 4.79 Å². The van der Waals surface area contributed by atoms with Crippen LogP contribution in [0.3, 0.4) is 0 Å². The Labute approximate surface area is 114 Å². The SMILES string of the molecule is NC(=O)c1nc(Cc2ccccc2F)n2ccccc12. The number of amides is 1. The Balaban J connectivity index is 2.13. The van der Waals surface area contributed by atoms with Gasteiger partial charge in [-0.25, -0.2) is 9.37 Å². The van der Waals surface area contributed by atoms with Crippen molar-refractivity contribution in [3.8, 4) is 0 Å². The first-order valence-electron chi connectivity index (χ1n) is 6.16. The summed E-state index contributed by atoms with van der Waals surface area (Å²) in [7, 11) is 0. The maximum Gasteiger partial charge on any atom is 0.269 e. The Morgan fingerprint density at radius 2 is 1.95 bits per heavy atom. The highest BCUT2D eigenvalue weighted by molar-refractivity contribution is 5.97. The van der Waals surface area contributed by atoms with E-state index in [1.165, 1.54) is 6.07 Å². The van der Waals surface area contributed by atoms with Crippen LogP contribution in [-0.2, 0) is 6.42 Å². The Hall–Kier alpha value is -2.69. The second-order valence-electron chi connectivity index (χ2n) is 4.46. The van der Waals surface area contributed by atoms with E-state index < -0.39 is 5.91 Å². The number of benzene rings is 1. The average molecular weight is 269 g/mol. The summed E-state index contributed by atoms with van der Waals surface area (Å²) in [6.07, 6.45) is 2.08. The quantitative estimate of drug-likeness (QED) is 0.792. The molecule has 0 spiro atoms. The predicted octanol–water partition coefficient (Wildman–Crippen LogP) is 2.16. The van der Waals surface area contributed by atoms with E-state index in [1.807, 2.05) is 6.07 Å². The summed E-state index contributed by atoms with van der Waals surface area (Å²) < 4.78 is 15.5. The molecule has 0 bridgehead atoms. The second kappa shape index (κ2) is 4.77. The third kappa shape index (κ3) is 2.03. The number of fused-ring (bicyclic) bond motifs is 1. The van der Waals surface area contributed by atoms with E-state index in [9.17, 15) is 9.18 Å². The lowest BCUT2D eigenvalue weighted by molar-refractivity contribution is 0.0997. The van der Waals surface area contributed by atoms with Gasteiger partial charge < -0.3 is 10.1 Å². The summed E-state index contributed by atoms with van der Waals surface area (Å²) in [5.74, 6) is -0.297. The largest absolute Gasteiger partial charge is 0.364 e. The molecular formula is C15H12FN3O. The highest BCUT2D eigenvalue weighted by Gasteiger charge is 2.15. The van der Waals surface area contributed by atoms with Crippen molar-refractivity contribution in [3.05, 3.63) is 71.6 Å². The van der Waals surface area contributed by atoms with Gasteiger partial charge in [-0.15, -0.1) is 0 Å². The molecule has 0 aliphatic carbocycles. The van der Waals surface area contributed by atoms with Crippen molar-refractivity contribution in [3.63, 3.8) is 0 Å². The molecule has 3 rings (SSSR count). The molecular weight excluding hydrogens is 257 g/mol. The van der Waals surface area contributed by atoms with Gasteiger partial charge in [0.25, 0.3) is 5.91 Å². The molecule has 2 aromatic heterocycles. The number of pyridine rings is 1. The molecule has 2 heterocycles. The topological polar surface area (TPSA) is 60.4 Å². The minimum Gasteiger partial charge on any atom is -0.364 e. The molecule has 0 unspecified atom stereocenters. The van der Waals surface area contributed by atoms with E-state index in [-0.39, 0.29) is 11.5 Å². The van der Waals surface area contributed by atoms with Crippen LogP contribution in [0.4, 0.5) is 4.39 Å². The molecule has 3 aromatic rings. The Morgan fingerprint density at radius 1 is 1.20 bits per heavy atom. The maximum atomic E-state index is 13.7. The van der Waals surface area contributed by atoms with Crippen molar-refractivity contribution >= 4 is 11.4 Å². The number of nitrogens with zero attached hydrogens (tertiary/aromatic N) is 2. The number of rotatable bonds is 3. The predicted molar refractivity (Wildman–Crippen MR) is 72.9 cm³/mol. The van der Waals surface area contributed by atoms with Crippen molar-refractivity contribution in [1.82, 2.24) is 9.38 Å². The number of nitrogens with two attached hydrogens (primary N) is 1. The molecule has 0 saturated carbocycles. The number of halogens is 1. The third-order valence-electron chi connectivity index (χ3n) is 3.16. The fraction of sp³-hybridized carbons (Fsp3) is 0.0667. The maximum absolute atomic E-state index is 13.7. The van der Waals surface area contributed by atoms with E-state index in [2.05, 4.69) is 4.98 Å². The van der Waals surface area contributed by atoms with Gasteiger partial charge in [0.1, 0.15) is 11.6 Å². The third-order valence-corrected chi connectivity index (χ3v) is 3.16. The van der Waals surface area contributed by atoms with Gasteiger partial charge in [0.15, 0.2) is 5.69 Å². The van der Waals surface area contributed by atoms with Crippen LogP contribution < -0.4 is 5.73 Å². The lowest BCUT2D eigenvalue weighted by Gasteiger charge is -2.02. The summed E-state index contributed by atoms with van der Waals surface area (Å²) in [6.45, 7) is 0. The number of carbonyl (C=O) groups excluding carboxylic acids is 1. The number of hydrogen-bond acceptors (Lipinski definition) is 2. The second-order valence-corrected chi connectivity index (χ2v) is 4.46. The van der Waals surface area contributed by atoms with Crippen molar-refractivity contribution < 1.29 is 9.18 Å². The fourth-order valence-electron chi connectivity index (χ4n) is 2.22. The summed E-state index contributed by atoms with van der Waals surface area (Å²) in [6, 6.07) is 11.9. The zero-order valence-corrected chi connectivity index (χ0v) is 10.6. The number of carbonyl (C=O) groups is 1. The average Bonchev–Trinajstić information content (AvgIpc) is 2.81.